The van der Waals surface area contributed by atoms with Crippen molar-refractivity contribution in [1.29, 1.82) is 5.26 Å². The lowest BCUT2D eigenvalue weighted by Gasteiger charge is -2.13. The zero-order valence-electron chi connectivity index (χ0n) is 8.02. The van der Waals surface area contributed by atoms with Crippen LogP contribution < -0.4 is 0 Å². The third-order valence-electron chi connectivity index (χ3n) is 1.88. The molecule has 0 aliphatic heterocycles. The maximum atomic E-state index is 12.5. The molecule has 0 amide bonds. The van der Waals surface area contributed by atoms with E-state index in [1.807, 2.05) is 0 Å². The molecule has 0 aromatic carbocycles. The van der Waals surface area contributed by atoms with Gasteiger partial charge < -0.3 is 0 Å². The lowest BCUT2D eigenvalue weighted by atomic mass is 10.1. The van der Waals surface area contributed by atoms with Crippen molar-refractivity contribution >= 4 is 15.9 Å². The minimum atomic E-state index is -4.98. The van der Waals surface area contributed by atoms with Gasteiger partial charge in [-0.15, -0.1) is 0 Å². The number of hydrogen-bond acceptors (Lipinski definition) is 2. The van der Waals surface area contributed by atoms with Crippen LogP contribution in [0, 0.1) is 11.3 Å². The van der Waals surface area contributed by atoms with Crippen LogP contribution in [0.15, 0.2) is 6.07 Å². The highest BCUT2D eigenvalue weighted by Crippen LogP contribution is 2.36. The average molecular weight is 315 g/mol. The SMILES string of the molecule is N#Cc1cc(C(F)F)c(C(F)(F)F)nc1CBr. The van der Waals surface area contributed by atoms with Crippen LogP contribution in [0.1, 0.15) is 28.9 Å². The molecule has 92 valence electrons. The lowest BCUT2D eigenvalue weighted by molar-refractivity contribution is -0.143. The van der Waals surface area contributed by atoms with Gasteiger partial charge in [0, 0.05) is 10.9 Å². The quantitative estimate of drug-likeness (QED) is 0.615. The van der Waals surface area contributed by atoms with Gasteiger partial charge in [0.05, 0.1) is 11.3 Å². The number of halogens is 6. The van der Waals surface area contributed by atoms with Crippen molar-refractivity contribution in [2.45, 2.75) is 17.9 Å². The van der Waals surface area contributed by atoms with Gasteiger partial charge >= 0.3 is 6.18 Å². The first-order valence-corrected chi connectivity index (χ1v) is 5.28. The highest BCUT2D eigenvalue weighted by atomic mass is 79.9. The Kier molecular flexibility index (Phi) is 4.03. The second-order valence-corrected chi connectivity index (χ2v) is 3.53. The summed E-state index contributed by atoms with van der Waals surface area (Å²) in [5.74, 6) is 0. The second-order valence-electron chi connectivity index (χ2n) is 2.96. The molecule has 17 heavy (non-hydrogen) atoms. The Hall–Kier alpha value is -1.23. The molecular formula is C9H4BrF5N2. The number of hydrogen-bond donors (Lipinski definition) is 0. The molecule has 0 atom stereocenters. The lowest BCUT2D eigenvalue weighted by Crippen LogP contribution is -2.14. The van der Waals surface area contributed by atoms with E-state index in [9.17, 15) is 22.0 Å². The molecule has 0 aliphatic carbocycles. The summed E-state index contributed by atoms with van der Waals surface area (Å²) in [4.78, 5) is 3.08. The number of pyridine rings is 1. The van der Waals surface area contributed by atoms with E-state index >= 15 is 0 Å². The highest BCUT2D eigenvalue weighted by Gasteiger charge is 2.38. The van der Waals surface area contributed by atoms with Crippen molar-refractivity contribution in [3.05, 3.63) is 28.6 Å². The maximum Gasteiger partial charge on any atom is 0.433 e. The van der Waals surface area contributed by atoms with Crippen LogP contribution in [0.5, 0.6) is 0 Å². The van der Waals surface area contributed by atoms with Gasteiger partial charge in [-0.3, -0.25) is 0 Å². The Bertz CT molecular complexity index is 464. The normalized spacial score (nSPS) is 11.6. The Morgan fingerprint density at radius 3 is 2.35 bits per heavy atom. The van der Waals surface area contributed by atoms with Crippen LogP contribution in [0.3, 0.4) is 0 Å². The standard InChI is InChI=1S/C9H4BrF5N2/c10-2-6-4(3-16)1-5(8(11)12)7(17-6)9(13,14)15/h1,8H,2H2. The first kappa shape index (κ1) is 13.8. The molecule has 0 bridgehead atoms. The smallest absolute Gasteiger partial charge is 0.246 e. The van der Waals surface area contributed by atoms with E-state index in [-0.39, 0.29) is 16.6 Å². The zero-order chi connectivity index (χ0) is 13.2. The van der Waals surface area contributed by atoms with Crippen LogP contribution >= 0.6 is 15.9 Å². The molecule has 1 rings (SSSR count). The topological polar surface area (TPSA) is 36.7 Å². The minimum absolute atomic E-state index is 0.123. The predicted molar refractivity (Wildman–Crippen MR) is 51.5 cm³/mol. The molecule has 2 nitrogen and oxygen atoms in total. The number of rotatable bonds is 2. The molecule has 1 heterocycles. The summed E-state index contributed by atoms with van der Waals surface area (Å²) >= 11 is 2.84. The molecule has 0 aliphatic rings. The molecule has 1 aromatic rings. The van der Waals surface area contributed by atoms with Crippen LogP contribution in [0.2, 0.25) is 0 Å². The van der Waals surface area contributed by atoms with E-state index in [4.69, 9.17) is 5.26 Å². The van der Waals surface area contributed by atoms with Gasteiger partial charge in [0.25, 0.3) is 6.43 Å². The van der Waals surface area contributed by atoms with Crippen molar-refractivity contribution in [2.75, 3.05) is 0 Å². The van der Waals surface area contributed by atoms with Gasteiger partial charge in [-0.1, -0.05) is 15.9 Å². The number of alkyl halides is 6. The Morgan fingerprint density at radius 1 is 1.41 bits per heavy atom. The van der Waals surface area contributed by atoms with Crippen LogP contribution in [0.25, 0.3) is 0 Å². The number of aromatic nitrogens is 1. The molecule has 0 unspecified atom stereocenters. The van der Waals surface area contributed by atoms with Crippen LogP contribution in [-0.2, 0) is 11.5 Å². The summed E-state index contributed by atoms with van der Waals surface area (Å²) in [6.45, 7) is 0. The Morgan fingerprint density at radius 2 is 2.00 bits per heavy atom. The van der Waals surface area contributed by atoms with Crippen molar-refractivity contribution in [2.24, 2.45) is 0 Å². The van der Waals surface area contributed by atoms with Crippen molar-refractivity contribution < 1.29 is 22.0 Å². The van der Waals surface area contributed by atoms with E-state index in [0.717, 1.165) is 0 Å². The fourth-order valence-electron chi connectivity index (χ4n) is 1.16. The fraction of sp³-hybridized carbons (Fsp3) is 0.333. The number of nitrogens with zero attached hydrogens (tertiary/aromatic N) is 2. The van der Waals surface area contributed by atoms with Gasteiger partial charge in [-0.25, -0.2) is 13.8 Å². The highest BCUT2D eigenvalue weighted by molar-refractivity contribution is 9.08. The molecule has 1 aromatic heterocycles. The van der Waals surface area contributed by atoms with Gasteiger partial charge in [0.1, 0.15) is 6.07 Å². The summed E-state index contributed by atoms with van der Waals surface area (Å²) in [6, 6.07) is 2.05. The van der Waals surface area contributed by atoms with Crippen molar-refractivity contribution in [1.82, 2.24) is 4.98 Å². The van der Waals surface area contributed by atoms with Gasteiger partial charge in [-0.05, 0) is 6.07 Å². The largest absolute Gasteiger partial charge is 0.433 e. The average Bonchev–Trinajstić information content (AvgIpc) is 2.25. The third-order valence-corrected chi connectivity index (χ3v) is 2.41. The molecule has 8 heteroatoms. The molecule has 0 N–H and O–H groups in total. The summed E-state index contributed by atoms with van der Waals surface area (Å²) in [6.07, 6.45) is -8.31. The van der Waals surface area contributed by atoms with Crippen molar-refractivity contribution in [3.8, 4) is 6.07 Å². The summed E-state index contributed by atoms with van der Waals surface area (Å²) < 4.78 is 62.3. The van der Waals surface area contributed by atoms with Crippen LogP contribution in [-0.4, -0.2) is 4.98 Å². The summed E-state index contributed by atoms with van der Waals surface area (Å²) in [7, 11) is 0. The summed E-state index contributed by atoms with van der Waals surface area (Å²) in [5, 5.41) is 8.49. The molecule has 0 spiro atoms. The van der Waals surface area contributed by atoms with Crippen molar-refractivity contribution in [3.63, 3.8) is 0 Å². The van der Waals surface area contributed by atoms with E-state index in [1.54, 1.807) is 0 Å². The van der Waals surface area contributed by atoms with Gasteiger partial charge in [-0.2, -0.15) is 18.4 Å². The Labute approximate surface area is 101 Å². The van der Waals surface area contributed by atoms with E-state index < -0.39 is 23.9 Å². The van der Waals surface area contributed by atoms with Gasteiger partial charge in [0.2, 0.25) is 0 Å². The zero-order valence-corrected chi connectivity index (χ0v) is 9.61. The predicted octanol–water partition coefficient (Wildman–Crippen LogP) is 3.80. The molecule has 0 saturated heterocycles. The van der Waals surface area contributed by atoms with Gasteiger partial charge in [0.15, 0.2) is 5.69 Å². The second kappa shape index (κ2) is 4.96. The molecule has 0 radical (unpaired) electrons. The fourth-order valence-corrected chi connectivity index (χ4v) is 1.59. The summed E-state index contributed by atoms with van der Waals surface area (Å²) in [5.41, 5.74) is -3.45. The minimum Gasteiger partial charge on any atom is -0.246 e. The Balaban J connectivity index is 3.53. The van der Waals surface area contributed by atoms with Crippen LogP contribution in [0.4, 0.5) is 22.0 Å². The van der Waals surface area contributed by atoms with E-state index in [0.29, 0.717) is 6.07 Å². The molecule has 0 saturated carbocycles. The van der Waals surface area contributed by atoms with E-state index in [2.05, 4.69) is 20.9 Å². The van der Waals surface area contributed by atoms with E-state index in [1.165, 1.54) is 6.07 Å². The maximum absolute atomic E-state index is 12.5. The first-order chi connectivity index (χ1) is 7.81. The first-order valence-electron chi connectivity index (χ1n) is 4.16. The number of nitriles is 1. The molecule has 0 fully saturated rings. The molecular weight excluding hydrogens is 311 g/mol. The monoisotopic (exact) mass is 314 g/mol. The third kappa shape index (κ3) is 2.91.